The first-order valence-corrected chi connectivity index (χ1v) is 13.3. The number of hydrogen-bond donors (Lipinski definition) is 4. The lowest BCUT2D eigenvalue weighted by Gasteiger charge is -2.23. The molecule has 2 aromatic carbocycles. The average molecular weight is 565 g/mol. The molecule has 4 aromatic rings. The van der Waals surface area contributed by atoms with Crippen molar-refractivity contribution in [3.8, 4) is 11.5 Å². The summed E-state index contributed by atoms with van der Waals surface area (Å²) in [5.41, 5.74) is 0.638. The molecular weight excluding hydrogens is 528 g/mol. The van der Waals surface area contributed by atoms with Crippen LogP contribution in [0.4, 0.5) is 0 Å². The highest BCUT2D eigenvalue weighted by Gasteiger charge is 2.43. The number of likely N-dealkylation sites (N-methyl/N-ethyl adjacent to an activating group) is 2. The Morgan fingerprint density at radius 3 is 1.73 bits per heavy atom. The van der Waals surface area contributed by atoms with E-state index in [9.17, 15) is 24.6 Å². The standard InChI is InChI=1S/C30H36N4O7/c1-33(2)13-11-19-17-31-21-7-5-9-23(27(19)21)40-26(37)16-30(39,15-25(35)36)29(38)41-24-10-6-8-22-28(24)20(18-32-22)12-14-34(3)4/h5-10,17-18,31-32,39H,11-16H2,1-4H3,(H,35,36). The normalized spacial score (nSPS) is 13.1. The van der Waals surface area contributed by atoms with E-state index in [0.717, 1.165) is 35.2 Å². The van der Waals surface area contributed by atoms with E-state index in [1.165, 1.54) is 0 Å². The number of carbonyl (C=O) groups is 3. The van der Waals surface area contributed by atoms with Crippen LogP contribution < -0.4 is 9.47 Å². The second kappa shape index (κ2) is 12.5. The number of carbonyl (C=O) groups excluding carboxylic acids is 2. The molecular formula is C30H36N4O7. The van der Waals surface area contributed by atoms with E-state index >= 15 is 0 Å². The fraction of sp³-hybridized carbons (Fsp3) is 0.367. The molecule has 0 radical (unpaired) electrons. The smallest absolute Gasteiger partial charge is 0.344 e. The summed E-state index contributed by atoms with van der Waals surface area (Å²) in [7, 11) is 7.81. The first-order chi connectivity index (χ1) is 19.5. The highest BCUT2D eigenvalue weighted by atomic mass is 16.6. The number of carboxylic acid groups (broad SMARTS) is 1. The summed E-state index contributed by atoms with van der Waals surface area (Å²) >= 11 is 0. The number of nitrogens with zero attached hydrogens (tertiary/aromatic N) is 2. The van der Waals surface area contributed by atoms with Gasteiger partial charge in [-0.1, -0.05) is 12.1 Å². The highest BCUT2D eigenvalue weighted by Crippen LogP contribution is 2.33. The SMILES string of the molecule is CN(C)CCc1c[nH]c2cccc(OC(=O)CC(O)(CC(=O)O)C(=O)Oc3cccc4[nH]cc(CCN(C)C)c34)c12. The van der Waals surface area contributed by atoms with Crippen LogP contribution in [0.1, 0.15) is 24.0 Å². The maximum atomic E-state index is 13.3. The predicted octanol–water partition coefficient (Wildman–Crippen LogP) is 2.96. The van der Waals surface area contributed by atoms with Crippen molar-refractivity contribution >= 4 is 39.7 Å². The van der Waals surface area contributed by atoms with Gasteiger partial charge in [-0.05, 0) is 76.4 Å². The monoisotopic (exact) mass is 564 g/mol. The van der Waals surface area contributed by atoms with Gasteiger partial charge in [0.15, 0.2) is 5.60 Å². The molecule has 2 heterocycles. The fourth-order valence-corrected chi connectivity index (χ4v) is 4.74. The quantitative estimate of drug-likeness (QED) is 0.142. The van der Waals surface area contributed by atoms with Gasteiger partial charge in [-0.15, -0.1) is 0 Å². The topological polar surface area (TPSA) is 148 Å². The molecule has 4 rings (SSSR count). The number of ether oxygens (including phenoxy) is 2. The van der Waals surface area contributed by atoms with Gasteiger partial charge in [-0.3, -0.25) is 9.59 Å². The van der Waals surface area contributed by atoms with Gasteiger partial charge < -0.3 is 39.5 Å². The minimum absolute atomic E-state index is 0.155. The molecule has 11 heteroatoms. The van der Waals surface area contributed by atoms with Crippen molar-refractivity contribution in [1.29, 1.82) is 0 Å². The molecule has 0 saturated carbocycles. The van der Waals surface area contributed by atoms with Crippen LogP contribution in [0.2, 0.25) is 0 Å². The molecule has 0 bridgehead atoms. The Kier molecular flexibility index (Phi) is 9.11. The molecule has 0 aliphatic rings. The second-order valence-electron chi connectivity index (χ2n) is 10.7. The third-order valence-electron chi connectivity index (χ3n) is 6.84. The molecule has 0 aliphatic heterocycles. The lowest BCUT2D eigenvalue weighted by atomic mass is 9.95. The van der Waals surface area contributed by atoms with E-state index in [-0.39, 0.29) is 11.5 Å². The molecule has 0 saturated heterocycles. The number of aromatic nitrogens is 2. The van der Waals surface area contributed by atoms with Gasteiger partial charge in [0.1, 0.15) is 11.5 Å². The highest BCUT2D eigenvalue weighted by molar-refractivity contribution is 5.96. The minimum Gasteiger partial charge on any atom is -0.481 e. The number of hydrogen-bond acceptors (Lipinski definition) is 8. The number of rotatable bonds is 13. The lowest BCUT2D eigenvalue weighted by Crippen LogP contribution is -2.46. The Morgan fingerprint density at radius 1 is 0.780 bits per heavy atom. The maximum absolute atomic E-state index is 13.3. The van der Waals surface area contributed by atoms with Gasteiger partial charge in [0, 0.05) is 47.3 Å². The molecule has 218 valence electrons. The van der Waals surface area contributed by atoms with Crippen LogP contribution in [0.3, 0.4) is 0 Å². The Labute approximate surface area is 237 Å². The molecule has 0 spiro atoms. The third-order valence-corrected chi connectivity index (χ3v) is 6.84. The average Bonchev–Trinajstić information content (AvgIpc) is 3.50. The number of aromatic amines is 2. The van der Waals surface area contributed by atoms with Crippen LogP contribution >= 0.6 is 0 Å². The summed E-state index contributed by atoms with van der Waals surface area (Å²) < 4.78 is 11.2. The van der Waals surface area contributed by atoms with Crippen LogP contribution in [-0.2, 0) is 27.2 Å². The first kappa shape index (κ1) is 29.8. The predicted molar refractivity (Wildman–Crippen MR) is 154 cm³/mol. The van der Waals surface area contributed by atoms with Gasteiger partial charge in [-0.2, -0.15) is 0 Å². The van der Waals surface area contributed by atoms with Crippen molar-refractivity contribution in [3.63, 3.8) is 0 Å². The molecule has 4 N–H and O–H groups in total. The largest absolute Gasteiger partial charge is 0.481 e. The van der Waals surface area contributed by atoms with Crippen LogP contribution in [0, 0.1) is 0 Å². The Balaban J connectivity index is 1.57. The summed E-state index contributed by atoms with van der Waals surface area (Å²) in [4.78, 5) is 48.4. The number of aliphatic carboxylic acids is 1. The van der Waals surface area contributed by atoms with Gasteiger partial charge in [0.2, 0.25) is 0 Å². The molecule has 1 unspecified atom stereocenters. The fourth-order valence-electron chi connectivity index (χ4n) is 4.74. The van der Waals surface area contributed by atoms with Crippen molar-refractivity contribution in [1.82, 2.24) is 19.8 Å². The van der Waals surface area contributed by atoms with Crippen LogP contribution in [0.5, 0.6) is 11.5 Å². The maximum Gasteiger partial charge on any atom is 0.344 e. The van der Waals surface area contributed by atoms with E-state index in [0.29, 0.717) is 23.6 Å². The van der Waals surface area contributed by atoms with Crippen molar-refractivity contribution in [2.75, 3.05) is 41.3 Å². The number of esters is 2. The summed E-state index contributed by atoms with van der Waals surface area (Å²) in [5.74, 6) is -3.29. The van der Waals surface area contributed by atoms with Crippen LogP contribution in [0.15, 0.2) is 48.8 Å². The van der Waals surface area contributed by atoms with Crippen molar-refractivity contribution in [3.05, 3.63) is 59.9 Å². The van der Waals surface area contributed by atoms with E-state index in [4.69, 9.17) is 9.47 Å². The zero-order chi connectivity index (χ0) is 29.7. The molecule has 0 aliphatic carbocycles. The zero-order valence-corrected chi connectivity index (χ0v) is 23.7. The van der Waals surface area contributed by atoms with Crippen LogP contribution in [0.25, 0.3) is 21.8 Å². The summed E-state index contributed by atoms with van der Waals surface area (Å²) in [6.45, 7) is 1.51. The minimum atomic E-state index is -2.66. The molecule has 41 heavy (non-hydrogen) atoms. The van der Waals surface area contributed by atoms with Gasteiger partial charge in [0.25, 0.3) is 0 Å². The Bertz CT molecular complexity index is 1560. The van der Waals surface area contributed by atoms with Gasteiger partial charge >= 0.3 is 17.9 Å². The van der Waals surface area contributed by atoms with Gasteiger partial charge in [-0.25, -0.2) is 4.79 Å². The van der Waals surface area contributed by atoms with Crippen LogP contribution in [-0.4, -0.2) is 94.8 Å². The first-order valence-electron chi connectivity index (χ1n) is 13.3. The number of nitrogens with one attached hydrogen (secondary N) is 2. The van der Waals surface area contributed by atoms with Crippen molar-refractivity contribution in [2.24, 2.45) is 0 Å². The zero-order valence-electron chi connectivity index (χ0n) is 23.7. The molecule has 11 nitrogen and oxygen atoms in total. The number of fused-ring (bicyclic) bond motifs is 2. The van der Waals surface area contributed by atoms with Crippen molar-refractivity contribution in [2.45, 2.75) is 31.3 Å². The van der Waals surface area contributed by atoms with E-state index < -0.39 is 36.4 Å². The van der Waals surface area contributed by atoms with E-state index in [1.54, 1.807) is 24.3 Å². The number of H-pyrrole nitrogens is 2. The number of aliphatic hydroxyl groups is 1. The third kappa shape index (κ3) is 7.12. The summed E-state index contributed by atoms with van der Waals surface area (Å²) in [6.07, 6.45) is 3.06. The lowest BCUT2D eigenvalue weighted by molar-refractivity contribution is -0.167. The molecule has 0 amide bonds. The summed E-state index contributed by atoms with van der Waals surface area (Å²) in [6, 6.07) is 10.2. The molecule has 2 aromatic heterocycles. The second-order valence-corrected chi connectivity index (χ2v) is 10.7. The Morgan fingerprint density at radius 2 is 1.27 bits per heavy atom. The van der Waals surface area contributed by atoms with E-state index in [1.807, 2.05) is 62.5 Å². The summed E-state index contributed by atoms with van der Waals surface area (Å²) in [5, 5.41) is 22.1. The van der Waals surface area contributed by atoms with Gasteiger partial charge in [0.05, 0.1) is 12.8 Å². The molecule has 1 atom stereocenters. The number of carboxylic acids is 1. The number of benzene rings is 2. The van der Waals surface area contributed by atoms with E-state index in [2.05, 4.69) is 9.97 Å². The van der Waals surface area contributed by atoms with Crippen molar-refractivity contribution < 1.29 is 34.1 Å². The Hall–Kier alpha value is -4.19. The molecule has 0 fully saturated rings.